The Balaban J connectivity index is 0.00000306. The molecule has 2 aromatic carbocycles. The van der Waals surface area contributed by atoms with Crippen LogP contribution in [-0.4, -0.2) is 47.4 Å². The Bertz CT molecular complexity index is 1010. The molecule has 0 bridgehead atoms. The van der Waals surface area contributed by atoms with Crippen LogP contribution in [0.25, 0.3) is 0 Å². The summed E-state index contributed by atoms with van der Waals surface area (Å²) in [5, 5.41) is 7.75. The number of aromatic nitrogens is 2. The van der Waals surface area contributed by atoms with Crippen LogP contribution in [0.5, 0.6) is 0 Å². The van der Waals surface area contributed by atoms with E-state index in [2.05, 4.69) is 56.7 Å². The summed E-state index contributed by atoms with van der Waals surface area (Å²) in [4.78, 5) is 6.73. The fourth-order valence-electron chi connectivity index (χ4n) is 3.78. The van der Waals surface area contributed by atoms with Crippen molar-refractivity contribution < 1.29 is 9.47 Å². The first kappa shape index (κ1) is 25.2. The van der Waals surface area contributed by atoms with Crippen molar-refractivity contribution in [2.24, 2.45) is 12.0 Å². The third kappa shape index (κ3) is 7.28. The monoisotopic (exact) mass is 561 g/mol. The number of nitrogens with one attached hydrogen (secondary N) is 1. The summed E-state index contributed by atoms with van der Waals surface area (Å²) in [5.74, 6) is 0.887. The maximum Gasteiger partial charge on any atom is 0.194 e. The Morgan fingerprint density at radius 1 is 1.09 bits per heavy atom. The van der Waals surface area contributed by atoms with Gasteiger partial charge in [0.05, 0.1) is 32.6 Å². The van der Waals surface area contributed by atoms with Gasteiger partial charge in [-0.25, -0.2) is 0 Å². The highest BCUT2D eigenvalue weighted by Gasteiger charge is 2.25. The average Bonchev–Trinajstić information content (AvgIpc) is 3.28. The fraction of sp³-hybridized carbons (Fsp3) is 0.360. The van der Waals surface area contributed by atoms with E-state index in [9.17, 15) is 0 Å². The zero-order valence-electron chi connectivity index (χ0n) is 19.2. The Morgan fingerprint density at radius 2 is 1.79 bits per heavy atom. The van der Waals surface area contributed by atoms with Gasteiger partial charge in [-0.2, -0.15) is 5.10 Å². The number of nitrogens with zero attached hydrogens (tertiary/aromatic N) is 4. The van der Waals surface area contributed by atoms with Gasteiger partial charge in [0, 0.05) is 38.9 Å². The Kier molecular flexibility index (Phi) is 9.71. The van der Waals surface area contributed by atoms with Crippen LogP contribution in [-0.2, 0) is 36.3 Å². The highest BCUT2D eigenvalue weighted by molar-refractivity contribution is 14.0. The number of halogens is 1. The quantitative estimate of drug-likeness (QED) is 0.270. The number of hydrogen-bond donors (Lipinski definition) is 1. The molecule has 0 aliphatic carbocycles. The number of morpholine rings is 1. The number of aryl methyl sites for hydroxylation is 1. The van der Waals surface area contributed by atoms with Crippen molar-refractivity contribution in [3.63, 3.8) is 0 Å². The van der Waals surface area contributed by atoms with E-state index in [0.29, 0.717) is 26.4 Å². The third-order valence-electron chi connectivity index (χ3n) is 5.53. The first-order valence-electron chi connectivity index (χ1n) is 11.0. The third-order valence-corrected chi connectivity index (χ3v) is 5.53. The van der Waals surface area contributed by atoms with E-state index in [1.807, 2.05) is 44.7 Å². The number of benzene rings is 2. The second-order valence-corrected chi connectivity index (χ2v) is 7.95. The second kappa shape index (κ2) is 12.7. The van der Waals surface area contributed by atoms with Crippen molar-refractivity contribution in [2.45, 2.75) is 25.9 Å². The second-order valence-electron chi connectivity index (χ2n) is 7.95. The number of hydrogen-bond acceptors (Lipinski definition) is 4. The van der Waals surface area contributed by atoms with Gasteiger partial charge in [-0.05, 0) is 16.7 Å². The van der Waals surface area contributed by atoms with Crippen LogP contribution >= 0.6 is 24.0 Å². The maximum atomic E-state index is 5.95. The van der Waals surface area contributed by atoms with Gasteiger partial charge < -0.3 is 19.7 Å². The average molecular weight is 561 g/mol. The van der Waals surface area contributed by atoms with Gasteiger partial charge >= 0.3 is 0 Å². The minimum absolute atomic E-state index is 0. The maximum absolute atomic E-state index is 5.95. The molecule has 1 aliphatic rings. The summed E-state index contributed by atoms with van der Waals surface area (Å²) < 4.78 is 13.6. The summed E-state index contributed by atoms with van der Waals surface area (Å²) in [7, 11) is 3.75. The molecule has 1 saturated heterocycles. The molecule has 2 heterocycles. The lowest BCUT2D eigenvalue weighted by Crippen LogP contribution is -2.47. The molecule has 1 atom stereocenters. The molecule has 0 amide bonds. The largest absolute Gasteiger partial charge is 0.372 e. The minimum Gasteiger partial charge on any atom is -0.372 e. The van der Waals surface area contributed by atoms with Crippen LogP contribution < -0.4 is 5.32 Å². The summed E-state index contributed by atoms with van der Waals surface area (Å²) in [6.07, 6.45) is 3.89. The van der Waals surface area contributed by atoms with E-state index in [4.69, 9.17) is 9.47 Å². The van der Waals surface area contributed by atoms with E-state index in [1.54, 1.807) is 4.68 Å². The van der Waals surface area contributed by atoms with Crippen LogP contribution in [0.4, 0.5) is 0 Å². The molecule has 1 N–H and O–H groups in total. The Labute approximate surface area is 212 Å². The van der Waals surface area contributed by atoms with Crippen molar-refractivity contribution in [1.29, 1.82) is 0 Å². The van der Waals surface area contributed by atoms with Crippen molar-refractivity contribution in [2.75, 3.05) is 26.7 Å². The van der Waals surface area contributed by atoms with Crippen LogP contribution in [0.15, 0.2) is 72.0 Å². The molecule has 7 nitrogen and oxygen atoms in total. The zero-order valence-corrected chi connectivity index (χ0v) is 21.5. The minimum atomic E-state index is 0. The number of rotatable bonds is 7. The molecular formula is C25H32IN5O2. The predicted molar refractivity (Wildman–Crippen MR) is 140 cm³/mol. The number of guanidine groups is 1. The Morgan fingerprint density at radius 3 is 2.45 bits per heavy atom. The summed E-state index contributed by atoms with van der Waals surface area (Å²) in [6.45, 7) is 4.18. The van der Waals surface area contributed by atoms with Gasteiger partial charge in [0.1, 0.15) is 6.10 Å². The predicted octanol–water partition coefficient (Wildman–Crippen LogP) is 3.90. The lowest BCUT2D eigenvalue weighted by atomic mass is 10.1. The first-order valence-corrected chi connectivity index (χ1v) is 11.0. The Hall–Kier alpha value is -2.43. The molecule has 176 valence electrons. The molecule has 0 saturated carbocycles. The molecule has 8 heteroatoms. The van der Waals surface area contributed by atoms with Crippen LogP contribution in [0, 0.1) is 0 Å². The molecule has 1 fully saturated rings. The summed E-state index contributed by atoms with van der Waals surface area (Å²) in [6, 6.07) is 18.8. The molecule has 3 aromatic rings. The van der Waals surface area contributed by atoms with E-state index >= 15 is 0 Å². The van der Waals surface area contributed by atoms with Crippen molar-refractivity contribution in [3.05, 3.63) is 89.2 Å². The molecule has 1 aliphatic heterocycles. The summed E-state index contributed by atoms with van der Waals surface area (Å²) >= 11 is 0. The highest BCUT2D eigenvalue weighted by Crippen LogP contribution is 2.21. The molecule has 1 unspecified atom stereocenters. The van der Waals surface area contributed by atoms with Gasteiger partial charge in [-0.1, -0.05) is 54.6 Å². The smallest absolute Gasteiger partial charge is 0.194 e. The number of ether oxygens (including phenoxy) is 2. The van der Waals surface area contributed by atoms with Gasteiger partial charge in [-0.15, -0.1) is 24.0 Å². The molecule has 0 radical (unpaired) electrons. The normalized spacial score (nSPS) is 16.4. The molecular weight excluding hydrogens is 529 g/mol. The lowest BCUT2D eigenvalue weighted by molar-refractivity contribution is -0.00805. The van der Waals surface area contributed by atoms with E-state index in [1.165, 1.54) is 16.7 Å². The van der Waals surface area contributed by atoms with Crippen LogP contribution in [0.2, 0.25) is 0 Å². The standard InChI is InChI=1S/C25H31N5O2.HI/c1-26-25(30-12-13-32-24(17-30)23-15-28-29(2)16-23)27-14-20-8-10-22(11-9-20)19-31-18-21-6-4-3-5-7-21;/h3-11,15-16,24H,12-14,17-19H2,1-2H3,(H,26,27);1H. The number of aliphatic imine (C=N–C) groups is 1. The molecule has 4 rings (SSSR count). The molecule has 33 heavy (non-hydrogen) atoms. The van der Waals surface area contributed by atoms with Crippen molar-refractivity contribution in [1.82, 2.24) is 20.0 Å². The highest BCUT2D eigenvalue weighted by atomic mass is 127. The topological polar surface area (TPSA) is 63.9 Å². The van der Waals surface area contributed by atoms with Gasteiger partial charge in [0.15, 0.2) is 5.96 Å². The van der Waals surface area contributed by atoms with Crippen molar-refractivity contribution >= 4 is 29.9 Å². The van der Waals surface area contributed by atoms with Gasteiger partial charge in [-0.3, -0.25) is 9.67 Å². The molecule has 1 aromatic heterocycles. The zero-order chi connectivity index (χ0) is 22.2. The van der Waals surface area contributed by atoms with Gasteiger partial charge in [0.2, 0.25) is 0 Å². The van der Waals surface area contributed by atoms with Crippen LogP contribution in [0.3, 0.4) is 0 Å². The lowest BCUT2D eigenvalue weighted by Gasteiger charge is -2.34. The van der Waals surface area contributed by atoms with Gasteiger partial charge in [0.25, 0.3) is 0 Å². The fourth-order valence-corrected chi connectivity index (χ4v) is 3.78. The molecule has 0 spiro atoms. The van der Waals surface area contributed by atoms with E-state index < -0.39 is 0 Å². The summed E-state index contributed by atoms with van der Waals surface area (Å²) in [5.41, 5.74) is 4.66. The van der Waals surface area contributed by atoms with Crippen LogP contribution in [0.1, 0.15) is 28.4 Å². The van der Waals surface area contributed by atoms with Crippen molar-refractivity contribution in [3.8, 4) is 0 Å². The SMILES string of the molecule is CN=C(NCc1ccc(COCc2ccccc2)cc1)N1CCOC(c2cnn(C)c2)C1.I. The van der Waals surface area contributed by atoms with E-state index in [0.717, 1.165) is 24.6 Å². The van der Waals surface area contributed by atoms with E-state index in [-0.39, 0.29) is 30.1 Å². The first-order chi connectivity index (χ1) is 15.7.